The van der Waals surface area contributed by atoms with Gasteiger partial charge in [-0.2, -0.15) is 5.10 Å². The molecule has 0 unspecified atom stereocenters. The molecule has 74 heavy (non-hydrogen) atoms. The summed E-state index contributed by atoms with van der Waals surface area (Å²) in [5.41, 5.74) is 6.13. The van der Waals surface area contributed by atoms with Crippen LogP contribution in [0.25, 0.3) is 22.8 Å². The third-order valence-electron chi connectivity index (χ3n) is 10.8. The number of rotatable bonds is 19. The van der Waals surface area contributed by atoms with Gasteiger partial charge in [-0.25, -0.2) is 44.6 Å². The van der Waals surface area contributed by atoms with Crippen LogP contribution in [0.3, 0.4) is 0 Å². The number of nitrogens with one attached hydrogen (secondary N) is 7. The first-order valence-corrected chi connectivity index (χ1v) is 27.1. The number of para-hydroxylation sites is 2. The van der Waals surface area contributed by atoms with Crippen LogP contribution in [-0.4, -0.2) is 115 Å². The number of ether oxygens (including phenoxy) is 3. The molecule has 0 aliphatic carbocycles. The average molecular weight is 1020 g/mol. The van der Waals surface area contributed by atoms with Crippen LogP contribution in [0, 0.1) is 27.7 Å². The van der Waals surface area contributed by atoms with Crippen LogP contribution < -0.4 is 41.4 Å². The van der Waals surface area contributed by atoms with E-state index in [4.69, 9.17) is 14.2 Å². The SMILES string of the molecule is CNC(=O)c1cnc(Nc2cc(C)nc(C)n2)cc1Nc1cccc(-c2ncn(COCC[Si](C)(C)C)n2)c1OC.CNC(=O)c1cnc(Nc2cc(C)nc(C)n2)cc1Nc1cccc(-c2ncn[nH]2)c1OC. The molecule has 0 aliphatic heterocycles. The minimum absolute atomic E-state index is 0.282. The number of methoxy groups -OCH3 is 2. The second kappa shape index (κ2) is 24.0. The number of hydrogen-bond donors (Lipinski definition) is 7. The highest BCUT2D eigenvalue weighted by molar-refractivity contribution is 6.76. The summed E-state index contributed by atoms with van der Waals surface area (Å²) in [6.07, 6.45) is 6.07. The van der Waals surface area contributed by atoms with Gasteiger partial charge in [0, 0.05) is 76.8 Å². The van der Waals surface area contributed by atoms with E-state index < -0.39 is 8.07 Å². The number of carbonyl (C=O) groups excluding carboxylic acids is 2. The summed E-state index contributed by atoms with van der Waals surface area (Å²) in [7, 11) is 5.12. The molecule has 2 aromatic carbocycles. The number of aromatic amines is 1. The van der Waals surface area contributed by atoms with E-state index in [1.807, 2.05) is 76.2 Å². The molecule has 23 nitrogen and oxygen atoms in total. The fourth-order valence-corrected chi connectivity index (χ4v) is 8.18. The molecular formula is C50H60N18O5Si. The van der Waals surface area contributed by atoms with Crippen molar-refractivity contribution in [3.05, 3.63) is 120 Å². The van der Waals surface area contributed by atoms with Crippen molar-refractivity contribution in [2.45, 2.75) is 60.1 Å². The molecule has 2 amide bonds. The number of aryl methyl sites for hydroxylation is 4. The second-order valence-corrected chi connectivity index (χ2v) is 23.5. The Balaban J connectivity index is 0.000000221. The van der Waals surface area contributed by atoms with E-state index in [-0.39, 0.29) is 11.8 Å². The molecule has 384 valence electrons. The number of anilines is 8. The molecule has 6 heterocycles. The highest BCUT2D eigenvalue weighted by atomic mass is 28.3. The molecule has 0 radical (unpaired) electrons. The molecule has 0 fully saturated rings. The van der Waals surface area contributed by atoms with Crippen LogP contribution in [0.1, 0.15) is 43.8 Å². The summed E-state index contributed by atoms with van der Waals surface area (Å²) in [6, 6.07) is 19.4. The van der Waals surface area contributed by atoms with Crippen molar-refractivity contribution < 1.29 is 23.8 Å². The number of aromatic nitrogens is 12. The third-order valence-corrected chi connectivity index (χ3v) is 12.5. The van der Waals surface area contributed by atoms with Gasteiger partial charge < -0.3 is 46.1 Å². The highest BCUT2D eigenvalue weighted by Crippen LogP contribution is 2.39. The normalized spacial score (nSPS) is 11.0. The average Bonchev–Trinajstić information content (AvgIpc) is 4.08. The Morgan fingerprint density at radius 1 is 0.635 bits per heavy atom. The summed E-state index contributed by atoms with van der Waals surface area (Å²) >= 11 is 0. The van der Waals surface area contributed by atoms with E-state index >= 15 is 0 Å². The van der Waals surface area contributed by atoms with Gasteiger partial charge in [-0.3, -0.25) is 14.7 Å². The number of carbonyl (C=O) groups is 2. The molecule has 8 rings (SSSR count). The Morgan fingerprint density at radius 2 is 1.16 bits per heavy atom. The number of H-pyrrole nitrogens is 1. The first-order valence-electron chi connectivity index (χ1n) is 23.4. The van der Waals surface area contributed by atoms with Crippen molar-refractivity contribution in [2.24, 2.45) is 0 Å². The van der Waals surface area contributed by atoms with Gasteiger partial charge in [0.05, 0.1) is 59.2 Å². The quantitative estimate of drug-likeness (QED) is 0.0298. The van der Waals surface area contributed by atoms with Crippen LogP contribution in [-0.2, 0) is 11.5 Å². The smallest absolute Gasteiger partial charge is 0.254 e. The van der Waals surface area contributed by atoms with Crippen molar-refractivity contribution in [3.8, 4) is 34.3 Å². The predicted octanol–water partition coefficient (Wildman–Crippen LogP) is 8.04. The van der Waals surface area contributed by atoms with Crippen molar-refractivity contribution in [3.63, 3.8) is 0 Å². The van der Waals surface area contributed by atoms with Gasteiger partial charge in [-0.05, 0) is 58.0 Å². The number of nitrogens with zero attached hydrogens (tertiary/aromatic N) is 11. The molecule has 6 aromatic heterocycles. The maximum atomic E-state index is 12.7. The van der Waals surface area contributed by atoms with E-state index in [1.165, 1.54) is 18.7 Å². The van der Waals surface area contributed by atoms with Gasteiger partial charge in [-0.1, -0.05) is 31.8 Å². The maximum Gasteiger partial charge on any atom is 0.254 e. The molecule has 0 aliphatic rings. The first-order chi connectivity index (χ1) is 35.5. The Hall–Kier alpha value is -8.90. The lowest BCUT2D eigenvalue weighted by molar-refractivity contribution is 0.0784. The number of amides is 2. The van der Waals surface area contributed by atoms with Gasteiger partial charge in [0.1, 0.15) is 54.3 Å². The monoisotopic (exact) mass is 1020 g/mol. The lowest BCUT2D eigenvalue weighted by Crippen LogP contribution is -2.22. The van der Waals surface area contributed by atoms with Gasteiger partial charge in [0.25, 0.3) is 11.8 Å². The topological polar surface area (TPSA) is 284 Å². The van der Waals surface area contributed by atoms with Crippen molar-refractivity contribution >= 4 is 65.9 Å². The van der Waals surface area contributed by atoms with E-state index in [2.05, 4.69) is 107 Å². The van der Waals surface area contributed by atoms with Crippen LogP contribution >= 0.6 is 0 Å². The lowest BCUT2D eigenvalue weighted by atomic mass is 10.1. The summed E-state index contributed by atoms with van der Waals surface area (Å²) in [5.74, 6) is 5.08. The number of benzene rings is 2. The Morgan fingerprint density at radius 3 is 1.64 bits per heavy atom. The van der Waals surface area contributed by atoms with Gasteiger partial charge >= 0.3 is 0 Å². The minimum Gasteiger partial charge on any atom is -0.494 e. The summed E-state index contributed by atoms with van der Waals surface area (Å²) in [5, 5.41) is 29.7. The van der Waals surface area contributed by atoms with E-state index in [9.17, 15) is 9.59 Å². The van der Waals surface area contributed by atoms with Gasteiger partial charge in [0.15, 0.2) is 23.1 Å². The zero-order valence-electron chi connectivity index (χ0n) is 43.2. The highest BCUT2D eigenvalue weighted by Gasteiger charge is 2.21. The fourth-order valence-electron chi connectivity index (χ4n) is 7.43. The van der Waals surface area contributed by atoms with Crippen LogP contribution in [0.5, 0.6) is 11.5 Å². The molecule has 7 N–H and O–H groups in total. The molecule has 0 spiro atoms. The molecule has 8 aromatic rings. The molecular weight excluding hydrogens is 961 g/mol. The van der Waals surface area contributed by atoms with Gasteiger partial charge in [-0.15, -0.1) is 5.10 Å². The zero-order valence-corrected chi connectivity index (χ0v) is 44.2. The van der Waals surface area contributed by atoms with Crippen molar-refractivity contribution in [1.82, 2.24) is 70.5 Å². The standard InChI is InChI=1S/C28H37N9O3Si.C22H23N9O2/c1-18-13-25(33-19(2)32-18)35-24-14-23(21(15-30-24)28(38)29-3)34-22-10-8-9-20(26(22)39-4)27-31-16-37(36-27)17-40-11-12-41(5,6)7;1-12-8-19(28-13(2)27-12)30-18-9-17(15(10-24-18)22(32)23-3)29-16-7-5-6-14(20(16)33-4)21-25-11-26-31-21/h8-10,13-16H,11-12,17H2,1-7H3,(H,29,38)(H2,30,32,33,34,35);5-11H,1-4H3,(H,23,32)(H,25,26,31)(H2,24,27,28,29,30). The first kappa shape index (κ1) is 52.9. The van der Waals surface area contributed by atoms with E-state index in [1.54, 1.807) is 51.5 Å². The summed E-state index contributed by atoms with van der Waals surface area (Å²) in [6.45, 7) is 15.4. The Kier molecular flexibility index (Phi) is 17.2. The minimum atomic E-state index is -1.17. The third kappa shape index (κ3) is 13.7. The summed E-state index contributed by atoms with van der Waals surface area (Å²) in [4.78, 5) is 60.1. The Labute approximate surface area is 429 Å². The van der Waals surface area contributed by atoms with Crippen LogP contribution in [0.2, 0.25) is 25.7 Å². The van der Waals surface area contributed by atoms with Crippen LogP contribution in [0.4, 0.5) is 46.0 Å². The predicted molar refractivity (Wildman–Crippen MR) is 286 cm³/mol. The summed E-state index contributed by atoms with van der Waals surface area (Å²) < 4.78 is 18.9. The number of hydrogen-bond acceptors (Lipinski definition) is 19. The van der Waals surface area contributed by atoms with Gasteiger partial charge in [0.2, 0.25) is 0 Å². The second-order valence-electron chi connectivity index (χ2n) is 17.8. The Bertz CT molecular complexity index is 3190. The number of pyridine rings is 2. The largest absolute Gasteiger partial charge is 0.494 e. The molecule has 24 heteroatoms. The van der Waals surface area contributed by atoms with E-state index in [0.717, 1.165) is 23.0 Å². The molecule has 0 saturated heterocycles. The molecule has 0 atom stereocenters. The zero-order chi connectivity index (χ0) is 52.9. The molecule has 0 saturated carbocycles. The van der Waals surface area contributed by atoms with E-state index in [0.29, 0.717) is 111 Å². The van der Waals surface area contributed by atoms with Crippen molar-refractivity contribution in [2.75, 3.05) is 56.2 Å². The lowest BCUT2D eigenvalue weighted by Gasteiger charge is -2.17. The fraction of sp³-hybridized carbons (Fsp3) is 0.280. The van der Waals surface area contributed by atoms with Crippen molar-refractivity contribution in [1.29, 1.82) is 0 Å². The maximum absolute atomic E-state index is 12.7. The molecule has 0 bridgehead atoms. The van der Waals surface area contributed by atoms with Crippen LogP contribution in [0.15, 0.2) is 85.7 Å².